The zero-order valence-electron chi connectivity index (χ0n) is 9.23. The van der Waals surface area contributed by atoms with Gasteiger partial charge in [-0.05, 0) is 18.6 Å². The lowest BCUT2D eigenvalue weighted by Gasteiger charge is -1.99. The van der Waals surface area contributed by atoms with Crippen LogP contribution in [0.15, 0.2) is 22.9 Å². The first kappa shape index (κ1) is 12.0. The van der Waals surface area contributed by atoms with E-state index in [2.05, 4.69) is 15.1 Å². The zero-order chi connectivity index (χ0) is 12.3. The average Bonchev–Trinajstić information content (AvgIpc) is 2.80. The first-order valence-electron chi connectivity index (χ1n) is 5.30. The van der Waals surface area contributed by atoms with E-state index >= 15 is 0 Å². The van der Waals surface area contributed by atoms with Crippen LogP contribution in [0.2, 0.25) is 0 Å². The molecule has 0 spiro atoms. The van der Waals surface area contributed by atoms with Crippen molar-refractivity contribution >= 4 is 11.6 Å². The maximum Gasteiger partial charge on any atom is 0.276 e. The lowest BCUT2D eigenvalue weighted by Crippen LogP contribution is -1.92. The Morgan fingerprint density at radius 1 is 1.47 bits per heavy atom. The number of hydrogen-bond donors (Lipinski definition) is 0. The summed E-state index contributed by atoms with van der Waals surface area (Å²) in [5.41, 5.74) is 0.436. The molecular formula is C11H11ClFN3O. The van der Waals surface area contributed by atoms with E-state index < -0.39 is 5.82 Å². The SMILES string of the molecule is CCCC(Cl)c1noc(-c2ccc(F)cn2)n1. The summed E-state index contributed by atoms with van der Waals surface area (Å²) < 4.78 is 17.7. The number of halogens is 2. The van der Waals surface area contributed by atoms with Crippen LogP contribution >= 0.6 is 11.6 Å². The predicted molar refractivity (Wildman–Crippen MR) is 61.0 cm³/mol. The molecule has 2 aromatic heterocycles. The highest BCUT2D eigenvalue weighted by Crippen LogP contribution is 2.25. The van der Waals surface area contributed by atoms with Gasteiger partial charge in [0.25, 0.3) is 5.89 Å². The highest BCUT2D eigenvalue weighted by molar-refractivity contribution is 6.20. The van der Waals surface area contributed by atoms with Gasteiger partial charge in [-0.15, -0.1) is 11.6 Å². The molecule has 0 radical (unpaired) electrons. The minimum atomic E-state index is -0.408. The first-order valence-corrected chi connectivity index (χ1v) is 5.74. The van der Waals surface area contributed by atoms with Gasteiger partial charge in [0.05, 0.1) is 11.6 Å². The molecule has 0 N–H and O–H groups in total. The minimum Gasteiger partial charge on any atom is -0.332 e. The second-order valence-electron chi connectivity index (χ2n) is 3.58. The van der Waals surface area contributed by atoms with Crippen LogP contribution in [0.25, 0.3) is 11.6 Å². The third kappa shape index (κ3) is 2.79. The molecule has 0 amide bonds. The molecule has 17 heavy (non-hydrogen) atoms. The summed E-state index contributed by atoms with van der Waals surface area (Å²) in [7, 11) is 0. The van der Waals surface area contributed by atoms with Crippen molar-refractivity contribution < 1.29 is 8.91 Å². The predicted octanol–water partition coefficient (Wildman–Crippen LogP) is 3.35. The molecule has 1 unspecified atom stereocenters. The van der Waals surface area contributed by atoms with E-state index in [1.807, 2.05) is 6.92 Å². The van der Waals surface area contributed by atoms with Gasteiger partial charge >= 0.3 is 0 Å². The molecule has 2 heterocycles. The number of alkyl halides is 1. The van der Waals surface area contributed by atoms with Crippen LogP contribution in [0.4, 0.5) is 4.39 Å². The second-order valence-corrected chi connectivity index (χ2v) is 4.10. The Hall–Kier alpha value is -1.49. The molecule has 0 aliphatic carbocycles. The Kier molecular flexibility index (Phi) is 3.68. The summed E-state index contributed by atoms with van der Waals surface area (Å²) in [5.74, 6) is 0.283. The summed E-state index contributed by atoms with van der Waals surface area (Å²) in [6.07, 6.45) is 2.81. The highest BCUT2D eigenvalue weighted by Gasteiger charge is 2.16. The van der Waals surface area contributed by atoms with Crippen LogP contribution in [0.3, 0.4) is 0 Å². The normalized spacial score (nSPS) is 12.6. The fraction of sp³-hybridized carbons (Fsp3) is 0.364. The first-order chi connectivity index (χ1) is 8.20. The van der Waals surface area contributed by atoms with Gasteiger partial charge in [-0.1, -0.05) is 18.5 Å². The molecule has 0 aliphatic rings. The molecule has 90 valence electrons. The standard InChI is InChI=1S/C11H11ClFN3O/c1-2-3-8(12)10-15-11(17-16-10)9-5-4-7(13)6-14-9/h4-6,8H,2-3H2,1H3. The van der Waals surface area contributed by atoms with Crippen molar-refractivity contribution in [3.05, 3.63) is 30.0 Å². The van der Waals surface area contributed by atoms with E-state index in [9.17, 15) is 4.39 Å². The molecule has 0 bridgehead atoms. The van der Waals surface area contributed by atoms with Crippen molar-refractivity contribution in [1.29, 1.82) is 0 Å². The van der Waals surface area contributed by atoms with E-state index in [1.54, 1.807) is 0 Å². The molecule has 2 aromatic rings. The Morgan fingerprint density at radius 2 is 2.29 bits per heavy atom. The van der Waals surface area contributed by atoms with Gasteiger partial charge in [-0.25, -0.2) is 9.37 Å². The maximum atomic E-state index is 12.7. The van der Waals surface area contributed by atoms with Gasteiger partial charge in [0.2, 0.25) is 0 Å². The van der Waals surface area contributed by atoms with E-state index in [0.717, 1.165) is 19.0 Å². The van der Waals surface area contributed by atoms with Crippen LogP contribution in [-0.2, 0) is 0 Å². The van der Waals surface area contributed by atoms with Gasteiger partial charge in [-0.3, -0.25) is 0 Å². The molecule has 0 saturated carbocycles. The van der Waals surface area contributed by atoms with Crippen LogP contribution in [0, 0.1) is 5.82 Å². The number of aromatic nitrogens is 3. The Balaban J connectivity index is 2.20. The smallest absolute Gasteiger partial charge is 0.276 e. The molecule has 0 fully saturated rings. The summed E-state index contributed by atoms with van der Waals surface area (Å²) in [6, 6.07) is 2.77. The van der Waals surface area contributed by atoms with Crippen LogP contribution < -0.4 is 0 Å². The number of pyridine rings is 1. The number of nitrogens with zero attached hydrogens (tertiary/aromatic N) is 3. The Bertz CT molecular complexity index is 486. The van der Waals surface area contributed by atoms with Crippen molar-refractivity contribution in [3.8, 4) is 11.6 Å². The van der Waals surface area contributed by atoms with Gasteiger partial charge < -0.3 is 4.52 Å². The van der Waals surface area contributed by atoms with Gasteiger partial charge in [0, 0.05) is 0 Å². The fourth-order valence-electron chi connectivity index (χ4n) is 1.35. The van der Waals surface area contributed by atoms with Crippen molar-refractivity contribution in [2.24, 2.45) is 0 Å². The highest BCUT2D eigenvalue weighted by atomic mass is 35.5. The van der Waals surface area contributed by atoms with Crippen LogP contribution in [0.1, 0.15) is 31.0 Å². The van der Waals surface area contributed by atoms with Gasteiger partial charge in [-0.2, -0.15) is 4.98 Å². The third-order valence-corrected chi connectivity index (χ3v) is 2.62. The van der Waals surface area contributed by atoms with Gasteiger partial charge in [0.15, 0.2) is 5.82 Å². The Labute approximate surface area is 103 Å². The average molecular weight is 256 g/mol. The summed E-state index contributed by atoms with van der Waals surface area (Å²) in [5, 5.41) is 3.52. The maximum absolute atomic E-state index is 12.7. The molecule has 4 nitrogen and oxygen atoms in total. The second kappa shape index (κ2) is 5.23. The molecule has 0 saturated heterocycles. The van der Waals surface area contributed by atoms with E-state index in [-0.39, 0.29) is 11.3 Å². The van der Waals surface area contributed by atoms with E-state index in [1.165, 1.54) is 12.1 Å². The van der Waals surface area contributed by atoms with Gasteiger partial charge in [0.1, 0.15) is 11.5 Å². The molecule has 1 atom stereocenters. The molecular weight excluding hydrogens is 245 g/mol. The molecule has 0 aromatic carbocycles. The van der Waals surface area contributed by atoms with Crippen molar-refractivity contribution in [3.63, 3.8) is 0 Å². The molecule has 2 rings (SSSR count). The van der Waals surface area contributed by atoms with Crippen molar-refractivity contribution in [2.75, 3.05) is 0 Å². The lowest BCUT2D eigenvalue weighted by molar-refractivity contribution is 0.419. The van der Waals surface area contributed by atoms with Crippen LogP contribution in [0.5, 0.6) is 0 Å². The quantitative estimate of drug-likeness (QED) is 0.786. The van der Waals surface area contributed by atoms with Crippen molar-refractivity contribution in [1.82, 2.24) is 15.1 Å². The minimum absolute atomic E-state index is 0.252. The summed E-state index contributed by atoms with van der Waals surface area (Å²) in [4.78, 5) is 7.99. The largest absolute Gasteiger partial charge is 0.332 e. The van der Waals surface area contributed by atoms with Crippen LogP contribution in [-0.4, -0.2) is 15.1 Å². The molecule has 0 aliphatic heterocycles. The monoisotopic (exact) mass is 255 g/mol. The van der Waals surface area contributed by atoms with E-state index in [0.29, 0.717) is 11.5 Å². The zero-order valence-corrected chi connectivity index (χ0v) is 9.99. The number of rotatable bonds is 4. The molecule has 6 heteroatoms. The number of hydrogen-bond acceptors (Lipinski definition) is 4. The van der Waals surface area contributed by atoms with Crippen molar-refractivity contribution in [2.45, 2.75) is 25.1 Å². The van der Waals surface area contributed by atoms with E-state index in [4.69, 9.17) is 16.1 Å². The summed E-state index contributed by atoms with van der Waals surface area (Å²) in [6.45, 7) is 2.03. The summed E-state index contributed by atoms with van der Waals surface area (Å²) >= 11 is 6.07. The Morgan fingerprint density at radius 3 is 2.94 bits per heavy atom. The lowest BCUT2D eigenvalue weighted by atomic mass is 10.2. The topological polar surface area (TPSA) is 51.8 Å². The fourth-order valence-corrected chi connectivity index (χ4v) is 1.66. The third-order valence-electron chi connectivity index (χ3n) is 2.21.